The molecule has 4 heteroatoms. The average molecular weight is 246 g/mol. The highest BCUT2D eigenvalue weighted by Crippen LogP contribution is 2.24. The lowest BCUT2D eigenvalue weighted by atomic mass is 10.4. The Morgan fingerprint density at radius 1 is 1.50 bits per heavy atom. The van der Waals surface area contributed by atoms with Crippen molar-refractivity contribution in [3.05, 3.63) is 0 Å². The number of hydrogen-bond donors (Lipinski definition) is 0. The Labute approximate surface area is 62.7 Å². The Balaban J connectivity index is 2.85. The molecule has 1 unspecified atom stereocenters. The summed E-state index contributed by atoms with van der Waals surface area (Å²) in [5, 5.41) is 0. The summed E-state index contributed by atoms with van der Waals surface area (Å²) >= 11 is 1.99. The molecule has 0 aromatic carbocycles. The van der Waals surface area contributed by atoms with Gasteiger partial charge in [-0.05, 0) is 12.8 Å². The third-order valence-corrected chi connectivity index (χ3v) is 6.07. The van der Waals surface area contributed by atoms with Gasteiger partial charge in [-0.1, -0.05) is 22.6 Å². The molecule has 2 nitrogen and oxygen atoms in total. The summed E-state index contributed by atoms with van der Waals surface area (Å²) in [6.07, 6.45) is 1.71. The summed E-state index contributed by atoms with van der Waals surface area (Å²) in [5.41, 5.74) is 0. The Morgan fingerprint density at radius 2 is 2.12 bits per heavy atom. The van der Waals surface area contributed by atoms with Gasteiger partial charge in [-0.2, -0.15) is 0 Å². The van der Waals surface area contributed by atoms with Crippen LogP contribution in [0.25, 0.3) is 0 Å². The van der Waals surface area contributed by atoms with Crippen LogP contribution >= 0.6 is 22.6 Å². The predicted octanol–water partition coefficient (Wildman–Crippen LogP) is 0.956. The van der Waals surface area contributed by atoms with E-state index in [2.05, 4.69) is 0 Å². The summed E-state index contributed by atoms with van der Waals surface area (Å²) in [6, 6.07) is 0. The molecule has 1 aliphatic heterocycles. The highest BCUT2D eigenvalue weighted by atomic mass is 127. The van der Waals surface area contributed by atoms with Crippen LogP contribution in [0.5, 0.6) is 0 Å². The van der Waals surface area contributed by atoms with Crippen LogP contribution in [0.1, 0.15) is 12.8 Å². The number of halogens is 1. The van der Waals surface area contributed by atoms with Crippen molar-refractivity contribution in [2.45, 2.75) is 16.1 Å². The molecule has 0 radical (unpaired) electrons. The zero-order chi connectivity index (χ0) is 6.20. The van der Waals surface area contributed by atoms with Crippen molar-refractivity contribution in [3.63, 3.8) is 0 Å². The third kappa shape index (κ3) is 1.15. The van der Waals surface area contributed by atoms with Gasteiger partial charge in [0.2, 0.25) is 0 Å². The van der Waals surface area contributed by atoms with E-state index in [4.69, 9.17) is 0 Å². The Bertz CT molecular complexity index is 172. The summed E-state index contributed by atoms with van der Waals surface area (Å²) in [7, 11) is -2.64. The summed E-state index contributed by atoms with van der Waals surface area (Å²) in [6.45, 7) is 0. The Hall–Kier alpha value is 0.680. The van der Waals surface area contributed by atoms with Crippen molar-refractivity contribution in [3.8, 4) is 0 Å². The monoisotopic (exact) mass is 246 g/mol. The molecule has 0 aliphatic carbocycles. The number of hydrogen-bond acceptors (Lipinski definition) is 2. The maximum atomic E-state index is 10.8. The van der Waals surface area contributed by atoms with Crippen LogP contribution in [-0.2, 0) is 9.84 Å². The van der Waals surface area contributed by atoms with Crippen molar-refractivity contribution in [1.82, 2.24) is 0 Å². The average Bonchev–Trinajstić information content (AvgIpc) is 1.86. The first-order chi connectivity index (χ1) is 3.63. The molecule has 1 aliphatic rings. The maximum absolute atomic E-state index is 10.8. The number of alkyl halides is 1. The molecule has 1 fully saturated rings. The van der Waals surface area contributed by atoms with Gasteiger partial charge in [0.1, 0.15) is 3.26 Å². The van der Waals surface area contributed by atoms with E-state index in [0.29, 0.717) is 5.75 Å². The van der Waals surface area contributed by atoms with E-state index >= 15 is 0 Å². The van der Waals surface area contributed by atoms with Crippen molar-refractivity contribution in [2.24, 2.45) is 0 Å². The van der Waals surface area contributed by atoms with Gasteiger partial charge in [0.25, 0.3) is 0 Å². The molecule has 48 valence electrons. The van der Waals surface area contributed by atoms with Crippen LogP contribution in [0.15, 0.2) is 0 Å². The standard InChI is InChI=1S/C4H7IO2S/c5-4-2-1-3-8(4,6)7/h4H,1-3H2. The van der Waals surface area contributed by atoms with Crippen LogP contribution in [0, 0.1) is 0 Å². The van der Waals surface area contributed by atoms with E-state index in [0.717, 1.165) is 12.8 Å². The fourth-order valence-electron chi connectivity index (χ4n) is 0.752. The third-order valence-electron chi connectivity index (χ3n) is 1.25. The van der Waals surface area contributed by atoms with Crippen molar-refractivity contribution in [1.29, 1.82) is 0 Å². The largest absolute Gasteiger partial charge is 0.228 e. The van der Waals surface area contributed by atoms with Gasteiger partial charge < -0.3 is 0 Å². The van der Waals surface area contributed by atoms with E-state index in [1.807, 2.05) is 22.6 Å². The van der Waals surface area contributed by atoms with Crippen LogP contribution < -0.4 is 0 Å². The van der Waals surface area contributed by atoms with Gasteiger partial charge in [0.05, 0.1) is 5.75 Å². The minimum absolute atomic E-state index is 0.0971. The molecule has 1 heterocycles. The topological polar surface area (TPSA) is 34.1 Å². The van der Waals surface area contributed by atoms with Crippen molar-refractivity contribution in [2.75, 3.05) is 5.75 Å². The van der Waals surface area contributed by atoms with Gasteiger partial charge in [0, 0.05) is 0 Å². The van der Waals surface area contributed by atoms with Gasteiger partial charge in [-0.15, -0.1) is 0 Å². The molecular formula is C4H7IO2S. The SMILES string of the molecule is O=S1(=O)CCCC1I. The lowest BCUT2D eigenvalue weighted by molar-refractivity contribution is 0.601. The fourth-order valence-corrected chi connectivity index (χ4v) is 3.31. The first kappa shape index (κ1) is 6.80. The number of sulfone groups is 1. The molecule has 0 aromatic heterocycles. The smallest absolute Gasteiger partial charge is 0.162 e. The van der Waals surface area contributed by atoms with Crippen molar-refractivity contribution < 1.29 is 8.42 Å². The lowest BCUT2D eigenvalue weighted by Crippen LogP contribution is -2.06. The molecule has 0 saturated carbocycles. The fraction of sp³-hybridized carbons (Fsp3) is 1.00. The summed E-state index contributed by atoms with van der Waals surface area (Å²) in [4.78, 5) is 0. The van der Waals surface area contributed by atoms with Crippen LogP contribution in [0.3, 0.4) is 0 Å². The second kappa shape index (κ2) is 2.13. The molecule has 0 bridgehead atoms. The van der Waals surface area contributed by atoms with E-state index in [9.17, 15) is 8.42 Å². The molecule has 0 aromatic rings. The molecule has 8 heavy (non-hydrogen) atoms. The molecule has 0 N–H and O–H groups in total. The van der Waals surface area contributed by atoms with E-state index in [1.165, 1.54) is 0 Å². The molecule has 1 atom stereocenters. The van der Waals surface area contributed by atoms with Gasteiger partial charge in [-0.3, -0.25) is 0 Å². The quantitative estimate of drug-likeness (QED) is 0.471. The highest BCUT2D eigenvalue weighted by molar-refractivity contribution is 14.1. The highest BCUT2D eigenvalue weighted by Gasteiger charge is 2.27. The van der Waals surface area contributed by atoms with Crippen LogP contribution in [0.2, 0.25) is 0 Å². The van der Waals surface area contributed by atoms with E-state index in [1.54, 1.807) is 0 Å². The van der Waals surface area contributed by atoms with Crippen molar-refractivity contribution >= 4 is 32.4 Å². The first-order valence-corrected chi connectivity index (χ1v) is 5.45. The normalized spacial score (nSPS) is 35.4. The second-order valence-corrected chi connectivity index (χ2v) is 6.57. The van der Waals surface area contributed by atoms with E-state index in [-0.39, 0.29) is 3.26 Å². The minimum Gasteiger partial charge on any atom is -0.228 e. The molecule has 1 saturated heterocycles. The molecule has 1 rings (SSSR count). The minimum atomic E-state index is -2.64. The lowest BCUT2D eigenvalue weighted by Gasteiger charge is -1.94. The van der Waals surface area contributed by atoms with Gasteiger partial charge in [-0.25, -0.2) is 8.42 Å². The Kier molecular flexibility index (Phi) is 1.81. The van der Waals surface area contributed by atoms with Crippen LogP contribution in [-0.4, -0.2) is 17.4 Å². The van der Waals surface area contributed by atoms with Gasteiger partial charge in [0.15, 0.2) is 9.84 Å². The van der Waals surface area contributed by atoms with E-state index < -0.39 is 9.84 Å². The van der Waals surface area contributed by atoms with Gasteiger partial charge >= 0.3 is 0 Å². The molecule has 0 spiro atoms. The zero-order valence-electron chi connectivity index (χ0n) is 4.30. The first-order valence-electron chi connectivity index (χ1n) is 2.48. The maximum Gasteiger partial charge on any atom is 0.162 e. The second-order valence-electron chi connectivity index (χ2n) is 1.92. The number of rotatable bonds is 0. The molecular weight excluding hydrogens is 239 g/mol. The molecule has 0 amide bonds. The predicted molar refractivity (Wildman–Crippen MR) is 40.8 cm³/mol. The summed E-state index contributed by atoms with van der Waals surface area (Å²) < 4.78 is 21.4. The Morgan fingerprint density at radius 3 is 2.25 bits per heavy atom. The summed E-state index contributed by atoms with van der Waals surface area (Å²) in [5.74, 6) is 0.403. The van der Waals surface area contributed by atoms with Crippen LogP contribution in [0.4, 0.5) is 0 Å². The zero-order valence-corrected chi connectivity index (χ0v) is 7.28.